The number of benzene rings is 1. The van der Waals surface area contributed by atoms with Crippen molar-refractivity contribution in [1.82, 2.24) is 14.1 Å². The average Bonchev–Trinajstić information content (AvgIpc) is 3.22. The first-order chi connectivity index (χ1) is 11.7. The predicted molar refractivity (Wildman–Crippen MR) is 93.7 cm³/mol. The zero-order valence-electron chi connectivity index (χ0n) is 14.0. The van der Waals surface area contributed by atoms with Crippen LogP contribution in [0.1, 0.15) is 12.8 Å². The van der Waals surface area contributed by atoms with Crippen molar-refractivity contribution in [3.63, 3.8) is 0 Å². The summed E-state index contributed by atoms with van der Waals surface area (Å²) in [5.41, 5.74) is 2.22. The standard InChI is InChI=1S/C19H23N3O2/c1-21-8-4-15-12-16(2-3-17(15)21)18-20-7-9-22(18)13-19(14-23)5-10-24-11-6-19/h2-4,7-9,12,23H,5-6,10-11,13-14H2,1H3. The summed E-state index contributed by atoms with van der Waals surface area (Å²) in [6.45, 7) is 2.40. The highest BCUT2D eigenvalue weighted by atomic mass is 16.5. The molecule has 0 atom stereocenters. The lowest BCUT2D eigenvalue weighted by Gasteiger charge is -2.36. The van der Waals surface area contributed by atoms with Crippen LogP contribution in [0.3, 0.4) is 0 Å². The van der Waals surface area contributed by atoms with Gasteiger partial charge in [-0.15, -0.1) is 0 Å². The van der Waals surface area contributed by atoms with Crippen molar-refractivity contribution in [1.29, 1.82) is 0 Å². The van der Waals surface area contributed by atoms with Crippen molar-refractivity contribution in [3.05, 3.63) is 42.9 Å². The fourth-order valence-corrected chi connectivity index (χ4v) is 3.65. The van der Waals surface area contributed by atoms with Crippen molar-refractivity contribution in [3.8, 4) is 11.4 Å². The molecule has 3 heterocycles. The minimum atomic E-state index is -0.107. The van der Waals surface area contributed by atoms with Gasteiger partial charge in [0.15, 0.2) is 0 Å². The van der Waals surface area contributed by atoms with E-state index in [0.29, 0.717) is 0 Å². The van der Waals surface area contributed by atoms with E-state index in [1.54, 1.807) is 0 Å². The van der Waals surface area contributed by atoms with Crippen molar-refractivity contribution in [2.45, 2.75) is 19.4 Å². The molecule has 2 aromatic heterocycles. The Bertz CT molecular complexity index is 843. The number of imidazole rings is 1. The predicted octanol–water partition coefficient (Wildman–Crippen LogP) is 2.83. The lowest BCUT2D eigenvalue weighted by molar-refractivity contribution is -0.0250. The van der Waals surface area contributed by atoms with E-state index < -0.39 is 0 Å². The second-order valence-corrected chi connectivity index (χ2v) is 6.85. The highest BCUT2D eigenvalue weighted by Gasteiger charge is 2.33. The molecule has 1 aromatic carbocycles. The number of hydrogen-bond donors (Lipinski definition) is 1. The SMILES string of the molecule is Cn1ccc2cc(-c3nccn3CC3(CO)CCOCC3)ccc21. The Labute approximate surface area is 141 Å². The second-order valence-electron chi connectivity index (χ2n) is 6.85. The number of aromatic nitrogens is 3. The van der Waals surface area contributed by atoms with Crippen molar-refractivity contribution >= 4 is 10.9 Å². The molecule has 1 N–H and O–H groups in total. The van der Waals surface area contributed by atoms with Crippen LogP contribution in [-0.4, -0.2) is 39.0 Å². The normalized spacial score (nSPS) is 17.4. The fraction of sp³-hybridized carbons (Fsp3) is 0.421. The summed E-state index contributed by atoms with van der Waals surface area (Å²) in [6.07, 6.45) is 7.70. The number of hydrogen-bond acceptors (Lipinski definition) is 3. The Morgan fingerprint density at radius 3 is 2.83 bits per heavy atom. The van der Waals surface area contributed by atoms with Crippen molar-refractivity contribution < 1.29 is 9.84 Å². The molecule has 1 aliphatic rings. The average molecular weight is 325 g/mol. The van der Waals surface area contributed by atoms with Crippen LogP contribution < -0.4 is 0 Å². The van der Waals surface area contributed by atoms with Crippen LogP contribution in [0.5, 0.6) is 0 Å². The first kappa shape index (κ1) is 15.4. The Hall–Kier alpha value is -2.11. The number of aryl methyl sites for hydroxylation is 1. The van der Waals surface area contributed by atoms with Gasteiger partial charge in [0.1, 0.15) is 5.82 Å². The molecular formula is C19H23N3O2. The van der Waals surface area contributed by atoms with E-state index in [-0.39, 0.29) is 12.0 Å². The van der Waals surface area contributed by atoms with Crippen LogP contribution in [0.15, 0.2) is 42.9 Å². The number of aliphatic hydroxyl groups excluding tert-OH is 1. The van der Waals surface area contributed by atoms with E-state index in [2.05, 4.69) is 51.6 Å². The summed E-state index contributed by atoms with van der Waals surface area (Å²) in [6, 6.07) is 8.57. The van der Waals surface area contributed by atoms with E-state index >= 15 is 0 Å². The topological polar surface area (TPSA) is 52.2 Å². The van der Waals surface area contributed by atoms with E-state index in [1.165, 1.54) is 10.9 Å². The fourth-order valence-electron chi connectivity index (χ4n) is 3.65. The molecule has 0 bridgehead atoms. The molecule has 0 unspecified atom stereocenters. The van der Waals surface area contributed by atoms with Gasteiger partial charge in [-0.05, 0) is 37.1 Å². The molecule has 0 radical (unpaired) electrons. The molecular weight excluding hydrogens is 302 g/mol. The molecule has 1 fully saturated rings. The van der Waals surface area contributed by atoms with Gasteiger partial charge in [-0.1, -0.05) is 0 Å². The van der Waals surface area contributed by atoms with Gasteiger partial charge in [-0.2, -0.15) is 0 Å². The number of ether oxygens (including phenoxy) is 1. The van der Waals surface area contributed by atoms with Crippen LogP contribution in [0.25, 0.3) is 22.3 Å². The molecule has 126 valence electrons. The summed E-state index contributed by atoms with van der Waals surface area (Å²) in [7, 11) is 2.05. The molecule has 5 heteroatoms. The monoisotopic (exact) mass is 325 g/mol. The quantitative estimate of drug-likeness (QED) is 0.802. The van der Waals surface area contributed by atoms with Gasteiger partial charge in [0.2, 0.25) is 0 Å². The number of fused-ring (bicyclic) bond motifs is 1. The van der Waals surface area contributed by atoms with E-state index in [9.17, 15) is 5.11 Å². The zero-order chi connectivity index (χ0) is 16.6. The van der Waals surface area contributed by atoms with Crippen molar-refractivity contribution in [2.24, 2.45) is 12.5 Å². The number of aliphatic hydroxyl groups is 1. The van der Waals surface area contributed by atoms with E-state index in [4.69, 9.17) is 4.74 Å². The van der Waals surface area contributed by atoms with Crippen LogP contribution in [0, 0.1) is 5.41 Å². The lowest BCUT2D eigenvalue weighted by Crippen LogP contribution is -2.37. The second kappa shape index (κ2) is 6.07. The molecule has 0 spiro atoms. The molecule has 4 rings (SSSR count). The summed E-state index contributed by atoms with van der Waals surface area (Å²) in [5.74, 6) is 0.958. The van der Waals surface area contributed by atoms with Crippen molar-refractivity contribution in [2.75, 3.05) is 19.8 Å². The maximum absolute atomic E-state index is 9.95. The Balaban J connectivity index is 1.68. The Morgan fingerprint density at radius 2 is 2.04 bits per heavy atom. The number of rotatable bonds is 4. The summed E-state index contributed by atoms with van der Waals surface area (Å²) in [4.78, 5) is 4.57. The Morgan fingerprint density at radius 1 is 1.21 bits per heavy atom. The third-order valence-corrected chi connectivity index (χ3v) is 5.25. The highest BCUT2D eigenvalue weighted by molar-refractivity contribution is 5.84. The number of nitrogens with zero attached hydrogens (tertiary/aromatic N) is 3. The molecule has 5 nitrogen and oxygen atoms in total. The summed E-state index contributed by atoms with van der Waals surface area (Å²) >= 11 is 0. The van der Waals surface area contributed by atoms with E-state index in [0.717, 1.165) is 44.0 Å². The molecule has 1 aliphatic heterocycles. The smallest absolute Gasteiger partial charge is 0.139 e. The van der Waals surface area contributed by atoms with Crippen LogP contribution in [0.2, 0.25) is 0 Å². The highest BCUT2D eigenvalue weighted by Crippen LogP contribution is 2.33. The van der Waals surface area contributed by atoms with Gasteiger partial charge in [0.25, 0.3) is 0 Å². The molecule has 0 amide bonds. The van der Waals surface area contributed by atoms with Gasteiger partial charge in [0, 0.05) is 67.3 Å². The van der Waals surface area contributed by atoms with Crippen LogP contribution in [0.4, 0.5) is 0 Å². The van der Waals surface area contributed by atoms with Gasteiger partial charge in [0.05, 0.1) is 6.61 Å². The minimum Gasteiger partial charge on any atom is -0.396 e. The molecule has 3 aromatic rings. The van der Waals surface area contributed by atoms with E-state index in [1.807, 2.05) is 12.4 Å². The minimum absolute atomic E-state index is 0.107. The molecule has 24 heavy (non-hydrogen) atoms. The Kier molecular flexibility index (Phi) is 3.90. The first-order valence-electron chi connectivity index (χ1n) is 8.46. The van der Waals surface area contributed by atoms with Gasteiger partial charge >= 0.3 is 0 Å². The van der Waals surface area contributed by atoms with Gasteiger partial charge in [-0.3, -0.25) is 0 Å². The lowest BCUT2D eigenvalue weighted by atomic mass is 9.81. The molecule has 0 aliphatic carbocycles. The van der Waals surface area contributed by atoms with Crippen LogP contribution >= 0.6 is 0 Å². The summed E-state index contributed by atoms with van der Waals surface area (Å²) < 4.78 is 9.76. The van der Waals surface area contributed by atoms with Gasteiger partial charge < -0.3 is 19.0 Å². The zero-order valence-corrected chi connectivity index (χ0v) is 14.0. The first-order valence-corrected chi connectivity index (χ1v) is 8.46. The largest absolute Gasteiger partial charge is 0.396 e. The third kappa shape index (κ3) is 2.64. The maximum Gasteiger partial charge on any atom is 0.139 e. The molecule has 1 saturated heterocycles. The van der Waals surface area contributed by atoms with Crippen LogP contribution in [-0.2, 0) is 18.3 Å². The third-order valence-electron chi connectivity index (χ3n) is 5.25. The summed E-state index contributed by atoms with van der Waals surface area (Å²) in [5, 5.41) is 11.2. The maximum atomic E-state index is 9.95. The molecule has 0 saturated carbocycles. The van der Waals surface area contributed by atoms with Gasteiger partial charge in [-0.25, -0.2) is 4.98 Å².